The quantitative estimate of drug-likeness (QED) is 0.754. The second-order valence-corrected chi connectivity index (χ2v) is 4.53. The van der Waals surface area contributed by atoms with E-state index >= 15 is 0 Å². The van der Waals surface area contributed by atoms with E-state index in [1.807, 2.05) is 6.07 Å². The van der Waals surface area contributed by atoms with Crippen LogP contribution in [-0.4, -0.2) is 9.46 Å². The molecule has 74 valence electrons. The van der Waals surface area contributed by atoms with Crippen molar-refractivity contribution in [3.8, 4) is 6.07 Å². The molecule has 0 aromatic heterocycles. The molecule has 3 nitrogen and oxygen atoms in total. The first-order valence-corrected chi connectivity index (χ1v) is 5.12. The first-order valence-electron chi connectivity index (χ1n) is 3.91. The highest BCUT2D eigenvalue weighted by atomic mass is 32.2. The Kier molecular flexibility index (Phi) is 3.20. The molecule has 0 spiro atoms. The lowest BCUT2D eigenvalue weighted by Crippen LogP contribution is -2.08. The Balaban J connectivity index is 3.04. The van der Waals surface area contributed by atoms with E-state index in [1.54, 1.807) is 0 Å². The average Bonchev–Trinajstić information content (AvgIpc) is 2.20. The lowest BCUT2D eigenvalue weighted by molar-refractivity contribution is 0.627. The summed E-state index contributed by atoms with van der Waals surface area (Å²) in [5, 5.41) is 7.87. The molecule has 1 rings (SSSR count). The standard InChI is InChI=1S/C9H9FN2OS/c1-6(5-11)14(13)7-2-3-9(12)8(10)4-7/h2-4,6H,12H2,1H3. The number of halogens is 1. The van der Waals surface area contributed by atoms with Crippen LogP contribution in [0.2, 0.25) is 0 Å². The summed E-state index contributed by atoms with van der Waals surface area (Å²) in [4.78, 5) is 0.283. The first kappa shape index (κ1) is 10.7. The molecule has 0 aliphatic heterocycles. The molecule has 0 amide bonds. The Morgan fingerprint density at radius 1 is 1.64 bits per heavy atom. The number of hydrogen-bond acceptors (Lipinski definition) is 3. The lowest BCUT2D eigenvalue weighted by Gasteiger charge is -2.04. The molecule has 2 atom stereocenters. The van der Waals surface area contributed by atoms with Gasteiger partial charge in [0.15, 0.2) is 0 Å². The zero-order chi connectivity index (χ0) is 10.7. The highest BCUT2D eigenvalue weighted by Gasteiger charge is 2.13. The van der Waals surface area contributed by atoms with Crippen LogP contribution in [0.25, 0.3) is 0 Å². The van der Waals surface area contributed by atoms with Gasteiger partial charge in [-0.25, -0.2) is 4.39 Å². The van der Waals surface area contributed by atoms with Crippen LogP contribution < -0.4 is 5.73 Å². The Labute approximate surface area is 83.8 Å². The van der Waals surface area contributed by atoms with Gasteiger partial charge >= 0.3 is 0 Å². The lowest BCUT2D eigenvalue weighted by atomic mass is 10.3. The van der Waals surface area contributed by atoms with E-state index in [4.69, 9.17) is 11.0 Å². The molecule has 2 N–H and O–H groups in total. The molecule has 2 unspecified atom stereocenters. The van der Waals surface area contributed by atoms with Crippen LogP contribution in [0.15, 0.2) is 23.1 Å². The van der Waals surface area contributed by atoms with Crippen LogP contribution in [0.3, 0.4) is 0 Å². The van der Waals surface area contributed by atoms with E-state index in [2.05, 4.69) is 0 Å². The minimum Gasteiger partial charge on any atom is -0.396 e. The Hall–Kier alpha value is -1.41. The van der Waals surface area contributed by atoms with Crippen LogP contribution in [0, 0.1) is 17.1 Å². The van der Waals surface area contributed by atoms with E-state index < -0.39 is 21.9 Å². The van der Waals surface area contributed by atoms with Crippen molar-refractivity contribution < 1.29 is 8.60 Å². The van der Waals surface area contributed by atoms with Crippen molar-refractivity contribution >= 4 is 16.5 Å². The van der Waals surface area contributed by atoms with Crippen LogP contribution in [-0.2, 0) is 10.8 Å². The van der Waals surface area contributed by atoms with Gasteiger partial charge in [-0.15, -0.1) is 0 Å². The number of anilines is 1. The third-order valence-corrected chi connectivity index (χ3v) is 3.17. The Bertz CT molecular complexity index is 414. The molecular formula is C9H9FN2OS. The molecular weight excluding hydrogens is 203 g/mol. The summed E-state index contributed by atoms with van der Waals surface area (Å²) in [6.07, 6.45) is 0. The van der Waals surface area contributed by atoms with Gasteiger partial charge in [0.25, 0.3) is 0 Å². The first-order chi connectivity index (χ1) is 6.56. The zero-order valence-electron chi connectivity index (χ0n) is 7.53. The monoisotopic (exact) mass is 212 g/mol. The molecule has 1 aromatic carbocycles. The molecule has 0 heterocycles. The van der Waals surface area contributed by atoms with Gasteiger partial charge in [-0.3, -0.25) is 4.21 Å². The molecule has 14 heavy (non-hydrogen) atoms. The number of rotatable bonds is 2. The summed E-state index contributed by atoms with van der Waals surface area (Å²) in [5.41, 5.74) is 5.27. The topological polar surface area (TPSA) is 66.9 Å². The zero-order valence-corrected chi connectivity index (χ0v) is 8.34. The fourth-order valence-corrected chi connectivity index (χ4v) is 1.81. The number of nitriles is 1. The maximum absolute atomic E-state index is 13.0. The van der Waals surface area contributed by atoms with Gasteiger partial charge in [0, 0.05) is 4.90 Å². The SMILES string of the molecule is CC(C#N)S(=O)c1ccc(N)c(F)c1. The highest BCUT2D eigenvalue weighted by Crippen LogP contribution is 2.16. The normalized spacial score (nSPS) is 14.4. The second kappa shape index (κ2) is 4.20. The molecule has 0 radical (unpaired) electrons. The van der Waals surface area contributed by atoms with Crippen molar-refractivity contribution in [3.63, 3.8) is 0 Å². The average molecular weight is 212 g/mol. The van der Waals surface area contributed by atoms with E-state index in [-0.39, 0.29) is 10.6 Å². The fraction of sp³-hybridized carbons (Fsp3) is 0.222. The van der Waals surface area contributed by atoms with Gasteiger partial charge in [-0.05, 0) is 25.1 Å². The van der Waals surface area contributed by atoms with Gasteiger partial charge in [0.05, 0.1) is 22.6 Å². The molecule has 5 heteroatoms. The molecule has 0 saturated heterocycles. The number of nitrogen functional groups attached to an aromatic ring is 1. The van der Waals surface area contributed by atoms with Crippen molar-refractivity contribution in [2.45, 2.75) is 17.1 Å². The van der Waals surface area contributed by atoms with Gasteiger partial charge in [-0.2, -0.15) is 5.26 Å². The largest absolute Gasteiger partial charge is 0.396 e. The third-order valence-electron chi connectivity index (χ3n) is 1.71. The Morgan fingerprint density at radius 3 is 2.79 bits per heavy atom. The molecule has 0 aliphatic rings. The van der Waals surface area contributed by atoms with Crippen molar-refractivity contribution in [2.75, 3.05) is 5.73 Å². The van der Waals surface area contributed by atoms with Crippen LogP contribution in [0.4, 0.5) is 10.1 Å². The number of benzene rings is 1. The minimum atomic E-state index is -1.50. The predicted molar refractivity (Wildman–Crippen MR) is 52.3 cm³/mol. The Morgan fingerprint density at radius 2 is 2.29 bits per heavy atom. The molecule has 0 bridgehead atoms. The summed E-state index contributed by atoms with van der Waals surface area (Å²) in [5.74, 6) is -0.610. The summed E-state index contributed by atoms with van der Waals surface area (Å²) in [7, 11) is -1.50. The van der Waals surface area contributed by atoms with E-state index in [1.165, 1.54) is 19.1 Å². The maximum Gasteiger partial charge on any atom is 0.147 e. The third kappa shape index (κ3) is 2.09. The summed E-state index contributed by atoms with van der Waals surface area (Å²) in [6.45, 7) is 1.52. The van der Waals surface area contributed by atoms with Crippen molar-refractivity contribution in [3.05, 3.63) is 24.0 Å². The van der Waals surface area contributed by atoms with E-state index in [9.17, 15) is 8.60 Å². The van der Waals surface area contributed by atoms with Crippen molar-refractivity contribution in [1.29, 1.82) is 5.26 Å². The van der Waals surface area contributed by atoms with Crippen molar-refractivity contribution in [1.82, 2.24) is 0 Å². The van der Waals surface area contributed by atoms with Crippen LogP contribution >= 0.6 is 0 Å². The summed E-state index contributed by atoms with van der Waals surface area (Å²) >= 11 is 0. The predicted octanol–water partition coefficient (Wildman–Crippen LogP) is 1.43. The molecule has 0 aliphatic carbocycles. The van der Waals surface area contributed by atoms with Crippen molar-refractivity contribution in [2.24, 2.45) is 0 Å². The van der Waals surface area contributed by atoms with Crippen LogP contribution in [0.5, 0.6) is 0 Å². The molecule has 0 fully saturated rings. The number of hydrogen-bond donors (Lipinski definition) is 1. The van der Waals surface area contributed by atoms with E-state index in [0.717, 1.165) is 6.07 Å². The highest BCUT2D eigenvalue weighted by molar-refractivity contribution is 7.86. The second-order valence-electron chi connectivity index (χ2n) is 2.75. The summed E-state index contributed by atoms with van der Waals surface area (Å²) in [6, 6.07) is 5.74. The van der Waals surface area contributed by atoms with Gasteiger partial charge in [-0.1, -0.05) is 0 Å². The van der Waals surface area contributed by atoms with Gasteiger partial charge in [0.2, 0.25) is 0 Å². The smallest absolute Gasteiger partial charge is 0.147 e. The van der Waals surface area contributed by atoms with Gasteiger partial charge in [0.1, 0.15) is 11.1 Å². The van der Waals surface area contributed by atoms with Gasteiger partial charge < -0.3 is 5.73 Å². The molecule has 1 aromatic rings. The maximum atomic E-state index is 13.0. The number of nitrogens with zero attached hydrogens (tertiary/aromatic N) is 1. The number of nitrogens with two attached hydrogens (primary N) is 1. The summed E-state index contributed by atoms with van der Waals surface area (Å²) < 4.78 is 24.5. The fourth-order valence-electron chi connectivity index (χ4n) is 0.885. The minimum absolute atomic E-state index is 0.00959. The molecule has 0 saturated carbocycles. The van der Waals surface area contributed by atoms with E-state index in [0.29, 0.717) is 0 Å². The van der Waals surface area contributed by atoms with Crippen LogP contribution in [0.1, 0.15) is 6.92 Å².